The smallest absolute Gasteiger partial charge is 0.410 e. The third-order valence-electron chi connectivity index (χ3n) is 4.06. The van der Waals surface area contributed by atoms with Crippen LogP contribution >= 0.6 is 0 Å². The molecule has 0 bridgehead atoms. The van der Waals surface area contributed by atoms with Crippen molar-refractivity contribution in [3.8, 4) is 0 Å². The van der Waals surface area contributed by atoms with Crippen LogP contribution in [0.5, 0.6) is 0 Å². The van der Waals surface area contributed by atoms with Gasteiger partial charge in [0, 0.05) is 24.7 Å². The number of nitrogens with one attached hydrogen (secondary N) is 1. The summed E-state index contributed by atoms with van der Waals surface area (Å²) >= 11 is 0. The minimum Gasteiger partial charge on any atom is -0.444 e. The monoisotopic (exact) mass is 298 g/mol. The summed E-state index contributed by atoms with van der Waals surface area (Å²) < 4.78 is 5.56. The molecule has 0 aromatic carbocycles. The molecule has 1 saturated heterocycles. The zero-order valence-corrected chi connectivity index (χ0v) is 14.7. The predicted molar refractivity (Wildman–Crippen MR) is 87.5 cm³/mol. The number of piperidine rings is 1. The van der Waals surface area contributed by atoms with E-state index < -0.39 is 5.60 Å². The number of hydrogen-bond donors (Lipinski definition) is 1. The highest BCUT2D eigenvalue weighted by Crippen LogP contribution is 2.23. The number of ether oxygens (including phenoxy) is 1. The lowest BCUT2D eigenvalue weighted by Crippen LogP contribution is -2.49. The van der Waals surface area contributed by atoms with Gasteiger partial charge in [0.1, 0.15) is 5.60 Å². The number of carbonyl (C=O) groups is 1. The molecule has 3 atom stereocenters. The molecule has 4 heteroatoms. The van der Waals surface area contributed by atoms with Gasteiger partial charge in [-0.15, -0.1) is 0 Å². The van der Waals surface area contributed by atoms with E-state index in [1.54, 1.807) is 0 Å². The van der Waals surface area contributed by atoms with Crippen molar-refractivity contribution in [3.63, 3.8) is 0 Å². The summed E-state index contributed by atoms with van der Waals surface area (Å²) in [5, 5.41) is 3.61. The molecule has 1 fully saturated rings. The minimum atomic E-state index is -0.417. The average Bonchev–Trinajstić information content (AvgIpc) is 2.36. The fraction of sp³-hybridized carbons (Fsp3) is 0.941. The summed E-state index contributed by atoms with van der Waals surface area (Å²) in [4.78, 5) is 14.3. The van der Waals surface area contributed by atoms with Gasteiger partial charge in [0.05, 0.1) is 0 Å². The molecule has 1 aliphatic heterocycles. The molecule has 1 rings (SSSR count). The Balaban J connectivity index is 2.58. The van der Waals surface area contributed by atoms with Gasteiger partial charge in [-0.1, -0.05) is 6.92 Å². The first kappa shape index (κ1) is 18.3. The first-order chi connectivity index (χ1) is 9.73. The summed E-state index contributed by atoms with van der Waals surface area (Å²) in [6.45, 7) is 13.2. The van der Waals surface area contributed by atoms with Crippen LogP contribution in [0.3, 0.4) is 0 Å². The van der Waals surface area contributed by atoms with Crippen molar-refractivity contribution in [2.45, 2.75) is 97.4 Å². The van der Waals surface area contributed by atoms with Crippen molar-refractivity contribution in [1.82, 2.24) is 10.2 Å². The number of rotatable bonds is 5. The lowest BCUT2D eigenvalue weighted by molar-refractivity contribution is 0.00781. The van der Waals surface area contributed by atoms with E-state index >= 15 is 0 Å². The van der Waals surface area contributed by atoms with E-state index in [0.717, 1.165) is 32.2 Å². The molecule has 1 aliphatic rings. The van der Waals surface area contributed by atoms with Gasteiger partial charge in [-0.25, -0.2) is 4.79 Å². The van der Waals surface area contributed by atoms with Crippen molar-refractivity contribution in [1.29, 1.82) is 0 Å². The molecular weight excluding hydrogens is 264 g/mol. The minimum absolute atomic E-state index is 0.150. The maximum absolute atomic E-state index is 12.4. The van der Waals surface area contributed by atoms with Gasteiger partial charge in [0.15, 0.2) is 0 Å². The van der Waals surface area contributed by atoms with Gasteiger partial charge in [0.25, 0.3) is 0 Å². The first-order valence-electron chi connectivity index (χ1n) is 8.48. The summed E-state index contributed by atoms with van der Waals surface area (Å²) in [5.41, 5.74) is -0.417. The summed E-state index contributed by atoms with van der Waals surface area (Å²) in [6.07, 6.45) is 5.37. The summed E-state index contributed by atoms with van der Waals surface area (Å²) in [6, 6.07) is 1.26. The molecule has 0 aromatic heterocycles. The van der Waals surface area contributed by atoms with Crippen LogP contribution in [-0.2, 0) is 4.74 Å². The molecule has 1 heterocycles. The third kappa shape index (κ3) is 6.68. The maximum Gasteiger partial charge on any atom is 0.410 e. The fourth-order valence-electron chi connectivity index (χ4n) is 2.89. The fourth-order valence-corrected chi connectivity index (χ4v) is 2.89. The van der Waals surface area contributed by atoms with Crippen molar-refractivity contribution < 1.29 is 9.53 Å². The number of amides is 1. The molecule has 0 saturated carbocycles. The average molecular weight is 298 g/mol. The Morgan fingerprint density at radius 2 is 1.95 bits per heavy atom. The van der Waals surface area contributed by atoms with Gasteiger partial charge < -0.3 is 15.0 Å². The van der Waals surface area contributed by atoms with Crippen molar-refractivity contribution in [2.24, 2.45) is 0 Å². The molecule has 0 aliphatic carbocycles. The molecule has 1 N–H and O–H groups in total. The molecule has 21 heavy (non-hydrogen) atoms. The molecule has 124 valence electrons. The first-order valence-corrected chi connectivity index (χ1v) is 8.48. The second-order valence-corrected chi connectivity index (χ2v) is 7.44. The standard InChI is InChI=1S/C17H34N2O2/c1-7-13(2)18-14(3)12-15-10-8-9-11-19(15)16(20)21-17(4,5)6/h13-15,18H,7-12H2,1-6H3. The van der Waals surface area contributed by atoms with Crippen molar-refractivity contribution in [2.75, 3.05) is 6.54 Å². The molecule has 0 spiro atoms. The molecule has 0 aromatic rings. The number of carbonyl (C=O) groups excluding carboxylic acids is 1. The van der Waals surface area contributed by atoms with E-state index in [0.29, 0.717) is 18.1 Å². The summed E-state index contributed by atoms with van der Waals surface area (Å²) in [5.74, 6) is 0. The van der Waals surface area contributed by atoms with E-state index in [4.69, 9.17) is 4.74 Å². The van der Waals surface area contributed by atoms with Gasteiger partial charge in [0.2, 0.25) is 0 Å². The topological polar surface area (TPSA) is 41.6 Å². The van der Waals surface area contributed by atoms with Crippen LogP contribution in [0, 0.1) is 0 Å². The van der Waals surface area contributed by atoms with Crippen LogP contribution in [0.15, 0.2) is 0 Å². The molecule has 0 radical (unpaired) electrons. The largest absolute Gasteiger partial charge is 0.444 e. The van der Waals surface area contributed by atoms with Crippen LogP contribution in [-0.4, -0.2) is 41.3 Å². The highest BCUT2D eigenvalue weighted by atomic mass is 16.6. The van der Waals surface area contributed by atoms with Gasteiger partial charge in [-0.3, -0.25) is 0 Å². The second-order valence-electron chi connectivity index (χ2n) is 7.44. The Morgan fingerprint density at radius 1 is 1.29 bits per heavy atom. The number of hydrogen-bond acceptors (Lipinski definition) is 3. The van der Waals surface area contributed by atoms with Gasteiger partial charge in [-0.05, 0) is 66.7 Å². The van der Waals surface area contributed by atoms with E-state index in [-0.39, 0.29) is 6.09 Å². The number of likely N-dealkylation sites (tertiary alicyclic amines) is 1. The van der Waals surface area contributed by atoms with E-state index in [9.17, 15) is 4.79 Å². The molecular formula is C17H34N2O2. The lowest BCUT2D eigenvalue weighted by atomic mass is 9.96. The highest BCUT2D eigenvalue weighted by molar-refractivity contribution is 5.68. The second kappa shape index (κ2) is 8.02. The van der Waals surface area contributed by atoms with Crippen LogP contribution in [0.4, 0.5) is 4.79 Å². The summed E-state index contributed by atoms with van der Waals surface area (Å²) in [7, 11) is 0. The normalized spacial score (nSPS) is 22.8. The predicted octanol–water partition coefficient (Wildman–Crippen LogP) is 3.94. The van der Waals surface area contributed by atoms with E-state index in [1.807, 2.05) is 25.7 Å². The van der Waals surface area contributed by atoms with Crippen molar-refractivity contribution >= 4 is 6.09 Å². The van der Waals surface area contributed by atoms with Crippen LogP contribution in [0.25, 0.3) is 0 Å². The van der Waals surface area contributed by atoms with Crippen LogP contribution < -0.4 is 5.32 Å². The Morgan fingerprint density at radius 3 is 2.52 bits per heavy atom. The molecule has 3 unspecified atom stereocenters. The zero-order valence-electron chi connectivity index (χ0n) is 14.7. The number of nitrogens with zero attached hydrogens (tertiary/aromatic N) is 1. The van der Waals surface area contributed by atoms with E-state index in [1.165, 1.54) is 6.42 Å². The Kier molecular flexibility index (Phi) is 6.98. The molecule has 1 amide bonds. The Hall–Kier alpha value is -0.770. The third-order valence-corrected chi connectivity index (χ3v) is 4.06. The zero-order chi connectivity index (χ0) is 16.0. The van der Waals surface area contributed by atoms with Crippen LogP contribution in [0.2, 0.25) is 0 Å². The SMILES string of the molecule is CCC(C)NC(C)CC1CCCCN1C(=O)OC(C)(C)C. The van der Waals surface area contributed by atoms with Gasteiger partial charge >= 0.3 is 6.09 Å². The Bertz CT molecular complexity index is 325. The quantitative estimate of drug-likeness (QED) is 0.836. The van der Waals surface area contributed by atoms with E-state index in [2.05, 4.69) is 26.1 Å². The van der Waals surface area contributed by atoms with Crippen molar-refractivity contribution in [3.05, 3.63) is 0 Å². The lowest BCUT2D eigenvalue weighted by Gasteiger charge is -2.38. The highest BCUT2D eigenvalue weighted by Gasteiger charge is 2.31. The van der Waals surface area contributed by atoms with Gasteiger partial charge in [-0.2, -0.15) is 0 Å². The molecule has 4 nitrogen and oxygen atoms in total. The van der Waals surface area contributed by atoms with Crippen LogP contribution in [0.1, 0.15) is 73.6 Å². The Labute approximate surface area is 130 Å². The maximum atomic E-state index is 12.4.